The van der Waals surface area contributed by atoms with Gasteiger partial charge in [0.25, 0.3) is 0 Å². The minimum atomic E-state index is -2.70. The third kappa shape index (κ3) is 15.3. The SMILES string of the molecule is COCCOCCOCCC(=O)OP(C)(C)(CCOC)CCOCCOC. The van der Waals surface area contributed by atoms with Crippen LogP contribution in [-0.2, 0) is 37.7 Å². The molecule has 164 valence electrons. The van der Waals surface area contributed by atoms with Gasteiger partial charge in [-0.25, -0.2) is 0 Å². The Morgan fingerprint density at radius 3 is 1.63 bits per heavy atom. The molecule has 0 N–H and O–H groups in total. The van der Waals surface area contributed by atoms with E-state index in [0.717, 1.165) is 0 Å². The van der Waals surface area contributed by atoms with E-state index in [1.165, 1.54) is 0 Å². The normalized spacial score (nSPS) is 13.3. The molecule has 0 saturated heterocycles. The summed E-state index contributed by atoms with van der Waals surface area (Å²) in [5.74, 6) is -0.244. The Hall–Kier alpha value is -0.340. The summed E-state index contributed by atoms with van der Waals surface area (Å²) in [6.07, 6.45) is 1.61. The second-order valence-electron chi connectivity index (χ2n) is 7.04. The molecule has 0 atom stereocenters. The molecular formula is C18H39O8P. The van der Waals surface area contributed by atoms with E-state index in [-0.39, 0.29) is 12.4 Å². The molecular weight excluding hydrogens is 375 g/mol. The monoisotopic (exact) mass is 414 g/mol. The van der Waals surface area contributed by atoms with Crippen LogP contribution in [0.2, 0.25) is 0 Å². The van der Waals surface area contributed by atoms with Crippen molar-refractivity contribution in [3.63, 3.8) is 0 Å². The summed E-state index contributed by atoms with van der Waals surface area (Å²) in [6.45, 7) is 5.88. The molecule has 0 saturated carbocycles. The van der Waals surface area contributed by atoms with E-state index in [4.69, 9.17) is 32.9 Å². The van der Waals surface area contributed by atoms with Gasteiger partial charge in [0.15, 0.2) is 0 Å². The van der Waals surface area contributed by atoms with Gasteiger partial charge < -0.3 is 0 Å². The Morgan fingerprint density at radius 2 is 1.07 bits per heavy atom. The first-order chi connectivity index (χ1) is 12.9. The van der Waals surface area contributed by atoms with Crippen molar-refractivity contribution in [1.29, 1.82) is 0 Å². The van der Waals surface area contributed by atoms with E-state index in [1.54, 1.807) is 21.3 Å². The molecule has 0 heterocycles. The van der Waals surface area contributed by atoms with Crippen LogP contribution in [0.4, 0.5) is 0 Å². The molecule has 0 aliphatic heterocycles. The molecule has 0 aromatic carbocycles. The minimum absolute atomic E-state index is 0.217. The third-order valence-corrected chi connectivity index (χ3v) is 8.00. The van der Waals surface area contributed by atoms with Gasteiger partial charge in [-0.3, -0.25) is 0 Å². The molecule has 0 spiro atoms. The van der Waals surface area contributed by atoms with Crippen molar-refractivity contribution in [3.05, 3.63) is 0 Å². The van der Waals surface area contributed by atoms with E-state index >= 15 is 0 Å². The van der Waals surface area contributed by atoms with Crippen molar-refractivity contribution in [2.45, 2.75) is 6.42 Å². The van der Waals surface area contributed by atoms with Crippen LogP contribution in [0.1, 0.15) is 6.42 Å². The zero-order valence-electron chi connectivity index (χ0n) is 17.7. The molecule has 0 unspecified atom stereocenters. The van der Waals surface area contributed by atoms with Crippen molar-refractivity contribution in [3.8, 4) is 0 Å². The number of carbonyl (C=O) groups excluding carboxylic acids is 1. The van der Waals surface area contributed by atoms with Crippen molar-refractivity contribution in [2.75, 3.05) is 106 Å². The zero-order valence-corrected chi connectivity index (χ0v) is 18.6. The first kappa shape index (κ1) is 26.7. The number of carbonyl (C=O) groups is 1. The molecule has 0 aromatic heterocycles. The quantitative estimate of drug-likeness (QED) is 0.233. The topological polar surface area (TPSA) is 81.7 Å². The van der Waals surface area contributed by atoms with Crippen LogP contribution in [0.5, 0.6) is 0 Å². The van der Waals surface area contributed by atoms with E-state index < -0.39 is 6.83 Å². The van der Waals surface area contributed by atoms with Gasteiger partial charge in [0, 0.05) is 0 Å². The number of hydrogen-bond donors (Lipinski definition) is 0. The second-order valence-corrected chi connectivity index (χ2v) is 13.2. The Morgan fingerprint density at radius 1 is 0.630 bits per heavy atom. The van der Waals surface area contributed by atoms with Gasteiger partial charge in [0.1, 0.15) is 0 Å². The van der Waals surface area contributed by atoms with Gasteiger partial charge in [-0.15, -0.1) is 0 Å². The van der Waals surface area contributed by atoms with Crippen LogP contribution in [0.3, 0.4) is 0 Å². The Balaban J connectivity index is 4.21. The average molecular weight is 414 g/mol. The Bertz CT molecular complexity index is 378. The van der Waals surface area contributed by atoms with Crippen molar-refractivity contribution in [1.82, 2.24) is 0 Å². The van der Waals surface area contributed by atoms with Gasteiger partial charge >= 0.3 is 163 Å². The summed E-state index contributed by atoms with van der Waals surface area (Å²) < 4.78 is 37.3. The van der Waals surface area contributed by atoms with Crippen LogP contribution in [0.25, 0.3) is 0 Å². The fourth-order valence-electron chi connectivity index (χ4n) is 2.19. The van der Waals surface area contributed by atoms with E-state index in [0.29, 0.717) is 71.8 Å². The molecule has 0 amide bonds. The van der Waals surface area contributed by atoms with Gasteiger partial charge in [0.2, 0.25) is 0 Å². The molecule has 0 aromatic rings. The van der Waals surface area contributed by atoms with Crippen molar-refractivity contribution >= 4 is 12.8 Å². The molecule has 0 fully saturated rings. The van der Waals surface area contributed by atoms with Crippen molar-refractivity contribution < 1.29 is 37.7 Å². The number of hydrogen-bond acceptors (Lipinski definition) is 8. The summed E-state index contributed by atoms with van der Waals surface area (Å²) in [4.78, 5) is 12.3. The molecule has 27 heavy (non-hydrogen) atoms. The average Bonchev–Trinajstić information content (AvgIpc) is 2.62. The second kappa shape index (κ2) is 15.6. The first-order valence-corrected chi connectivity index (χ1v) is 12.7. The van der Waals surface area contributed by atoms with Crippen LogP contribution in [0, 0.1) is 0 Å². The Kier molecular flexibility index (Phi) is 15.4. The Labute approximate surface area is 164 Å². The molecule has 8 nitrogen and oxygen atoms in total. The predicted molar refractivity (Wildman–Crippen MR) is 107 cm³/mol. The van der Waals surface area contributed by atoms with E-state index in [1.807, 2.05) is 13.3 Å². The van der Waals surface area contributed by atoms with Gasteiger partial charge in [-0.1, -0.05) is 0 Å². The third-order valence-electron chi connectivity index (χ3n) is 4.02. The number of methoxy groups -OCH3 is 3. The summed E-state index contributed by atoms with van der Waals surface area (Å²) in [7, 11) is 4.91. The summed E-state index contributed by atoms with van der Waals surface area (Å²) >= 11 is 0. The first-order valence-electron chi connectivity index (χ1n) is 9.29. The standard InChI is InChI=1S/C18H39O8P/c1-20-8-10-24-13-12-23-7-6-18(19)26-27(4,5,16-14-22-3)17-15-25-11-9-21-2/h6-17H2,1-5H3. The number of rotatable bonds is 19. The summed E-state index contributed by atoms with van der Waals surface area (Å²) in [5.41, 5.74) is 0. The van der Waals surface area contributed by atoms with Crippen molar-refractivity contribution in [2.24, 2.45) is 0 Å². The molecule has 0 radical (unpaired) electrons. The maximum atomic E-state index is 12.3. The molecule has 0 bridgehead atoms. The van der Waals surface area contributed by atoms with Crippen LogP contribution < -0.4 is 0 Å². The van der Waals surface area contributed by atoms with Gasteiger partial charge in [-0.05, 0) is 0 Å². The van der Waals surface area contributed by atoms with Crippen LogP contribution >= 0.6 is 6.83 Å². The van der Waals surface area contributed by atoms with Gasteiger partial charge in [0.05, 0.1) is 0 Å². The van der Waals surface area contributed by atoms with Crippen LogP contribution in [-0.4, -0.2) is 112 Å². The van der Waals surface area contributed by atoms with Gasteiger partial charge in [-0.2, -0.15) is 0 Å². The molecule has 0 aliphatic rings. The zero-order chi connectivity index (χ0) is 20.5. The van der Waals surface area contributed by atoms with E-state index in [9.17, 15) is 4.79 Å². The molecule has 9 heteroatoms. The fourth-order valence-corrected chi connectivity index (χ4v) is 4.83. The summed E-state index contributed by atoms with van der Waals surface area (Å²) in [6, 6.07) is 0. The molecule has 0 rings (SSSR count). The molecule has 0 aliphatic carbocycles. The predicted octanol–water partition coefficient (Wildman–Crippen LogP) is 1.64. The summed E-state index contributed by atoms with van der Waals surface area (Å²) in [5, 5.41) is 0. The maximum absolute atomic E-state index is 12.3. The van der Waals surface area contributed by atoms with E-state index in [2.05, 4.69) is 0 Å². The van der Waals surface area contributed by atoms with Crippen LogP contribution in [0.15, 0.2) is 0 Å². The number of ether oxygens (including phenoxy) is 6. The fraction of sp³-hybridized carbons (Fsp3) is 0.944.